The van der Waals surface area contributed by atoms with Crippen molar-refractivity contribution < 1.29 is 23.9 Å². The minimum Gasteiger partial charge on any atom is -0.469 e. The van der Waals surface area contributed by atoms with E-state index in [0.29, 0.717) is 56.9 Å². The number of nitrogens with one attached hydrogen (secondary N) is 1. The Labute approximate surface area is 176 Å². The van der Waals surface area contributed by atoms with E-state index in [-0.39, 0.29) is 30.3 Å². The minimum atomic E-state index is -0.298. The molecule has 3 rings (SSSR count). The molecule has 1 N–H and O–H groups in total. The number of carbonyl (C=O) groups is 3. The van der Waals surface area contributed by atoms with Crippen LogP contribution in [0.5, 0.6) is 0 Å². The Morgan fingerprint density at radius 2 is 2.03 bits per heavy atom. The third kappa shape index (κ3) is 5.91. The molecule has 2 aliphatic heterocycles. The number of rotatable bonds is 8. The summed E-state index contributed by atoms with van der Waals surface area (Å²) >= 11 is 0. The molecule has 1 aromatic heterocycles. The summed E-state index contributed by atoms with van der Waals surface area (Å²) in [7, 11) is 1.35. The Balaban J connectivity index is 1.51. The van der Waals surface area contributed by atoms with Gasteiger partial charge in [0.05, 0.1) is 18.8 Å². The van der Waals surface area contributed by atoms with Crippen molar-refractivity contribution >= 4 is 23.6 Å². The van der Waals surface area contributed by atoms with E-state index >= 15 is 0 Å². The van der Waals surface area contributed by atoms with Crippen LogP contribution in [0.1, 0.15) is 42.5 Å². The van der Waals surface area contributed by atoms with Gasteiger partial charge in [0.15, 0.2) is 0 Å². The number of nitrogens with zero attached hydrogens (tertiary/aromatic N) is 3. The molecule has 0 bridgehead atoms. The SMILES string of the molecule is COC(=O)CCCC(=O)N1CCN(c2ncccc2C(=O)NC[C@@H]2CCCO2)CC1. The van der Waals surface area contributed by atoms with Crippen molar-refractivity contribution in [2.75, 3.05) is 51.3 Å². The van der Waals surface area contributed by atoms with Gasteiger partial charge in [-0.1, -0.05) is 0 Å². The molecule has 2 aliphatic rings. The molecule has 1 atom stereocenters. The predicted octanol–water partition coefficient (Wildman–Crippen LogP) is 0.982. The summed E-state index contributed by atoms with van der Waals surface area (Å²) in [5, 5.41) is 2.95. The molecule has 0 radical (unpaired) electrons. The summed E-state index contributed by atoms with van der Waals surface area (Å²) < 4.78 is 10.2. The normalized spacial score (nSPS) is 18.9. The van der Waals surface area contributed by atoms with E-state index in [4.69, 9.17) is 4.74 Å². The van der Waals surface area contributed by atoms with Gasteiger partial charge in [-0.15, -0.1) is 0 Å². The Morgan fingerprint density at radius 3 is 2.73 bits per heavy atom. The number of hydrogen-bond donors (Lipinski definition) is 1. The number of methoxy groups -OCH3 is 1. The van der Waals surface area contributed by atoms with E-state index in [1.54, 1.807) is 23.2 Å². The number of piperazine rings is 1. The van der Waals surface area contributed by atoms with Gasteiger partial charge < -0.3 is 24.6 Å². The first-order valence-corrected chi connectivity index (χ1v) is 10.5. The van der Waals surface area contributed by atoms with Gasteiger partial charge >= 0.3 is 5.97 Å². The number of hydrogen-bond acceptors (Lipinski definition) is 7. The molecule has 9 nitrogen and oxygen atoms in total. The summed E-state index contributed by atoms with van der Waals surface area (Å²) in [4.78, 5) is 44.5. The van der Waals surface area contributed by atoms with Crippen molar-refractivity contribution in [2.24, 2.45) is 0 Å². The molecule has 0 spiro atoms. The van der Waals surface area contributed by atoms with Crippen LogP contribution in [-0.4, -0.2) is 80.2 Å². The zero-order valence-electron chi connectivity index (χ0n) is 17.5. The molecule has 30 heavy (non-hydrogen) atoms. The molecule has 0 unspecified atom stereocenters. The van der Waals surface area contributed by atoms with Gasteiger partial charge in [0.2, 0.25) is 5.91 Å². The van der Waals surface area contributed by atoms with Gasteiger partial charge in [-0.3, -0.25) is 14.4 Å². The first-order chi connectivity index (χ1) is 14.6. The Hall–Kier alpha value is -2.68. The van der Waals surface area contributed by atoms with Crippen LogP contribution in [-0.2, 0) is 19.1 Å². The van der Waals surface area contributed by atoms with Crippen LogP contribution in [0.2, 0.25) is 0 Å². The first-order valence-electron chi connectivity index (χ1n) is 10.5. The van der Waals surface area contributed by atoms with E-state index in [0.717, 1.165) is 19.4 Å². The van der Waals surface area contributed by atoms with E-state index in [9.17, 15) is 14.4 Å². The first kappa shape index (κ1) is 22.0. The lowest BCUT2D eigenvalue weighted by Crippen LogP contribution is -2.49. The standard InChI is InChI=1S/C21H30N4O5/c1-29-19(27)8-2-7-18(26)24-10-12-25(13-11-24)20-17(6-3-9-22-20)21(28)23-15-16-5-4-14-30-16/h3,6,9,16H,2,4-5,7-8,10-15H2,1H3,(H,23,28)/t16-/m0/s1. The Bertz CT molecular complexity index is 743. The lowest BCUT2D eigenvalue weighted by atomic mass is 10.1. The predicted molar refractivity (Wildman–Crippen MR) is 110 cm³/mol. The van der Waals surface area contributed by atoms with Crippen molar-refractivity contribution in [3.63, 3.8) is 0 Å². The Kier molecular flexibility index (Phi) is 8.01. The molecule has 0 saturated carbocycles. The average molecular weight is 418 g/mol. The molecular formula is C21H30N4O5. The van der Waals surface area contributed by atoms with E-state index in [1.807, 2.05) is 4.90 Å². The molecule has 2 saturated heterocycles. The van der Waals surface area contributed by atoms with Crippen LogP contribution >= 0.6 is 0 Å². The van der Waals surface area contributed by atoms with Gasteiger partial charge in [0, 0.05) is 58.4 Å². The summed E-state index contributed by atoms with van der Waals surface area (Å²) in [6.45, 7) is 3.58. The summed E-state index contributed by atoms with van der Waals surface area (Å²) in [5.74, 6) is 0.220. The molecule has 1 aromatic rings. The monoisotopic (exact) mass is 418 g/mol. The summed E-state index contributed by atoms with van der Waals surface area (Å²) in [6, 6.07) is 3.53. The number of pyridine rings is 1. The fourth-order valence-electron chi connectivity index (χ4n) is 3.75. The zero-order chi connectivity index (χ0) is 21.3. The van der Waals surface area contributed by atoms with E-state index in [1.165, 1.54) is 7.11 Å². The number of carbonyl (C=O) groups excluding carboxylic acids is 3. The van der Waals surface area contributed by atoms with Gasteiger partial charge in [-0.2, -0.15) is 0 Å². The number of anilines is 1. The molecule has 2 fully saturated rings. The highest BCUT2D eigenvalue weighted by Gasteiger charge is 2.25. The van der Waals surface area contributed by atoms with Crippen LogP contribution in [0.15, 0.2) is 18.3 Å². The van der Waals surface area contributed by atoms with Crippen LogP contribution in [0.4, 0.5) is 5.82 Å². The number of aromatic nitrogens is 1. The van der Waals surface area contributed by atoms with Crippen LogP contribution in [0.3, 0.4) is 0 Å². The van der Waals surface area contributed by atoms with Crippen LogP contribution in [0, 0.1) is 0 Å². The van der Waals surface area contributed by atoms with Crippen molar-refractivity contribution in [2.45, 2.75) is 38.2 Å². The molecule has 0 aromatic carbocycles. The fraction of sp³-hybridized carbons (Fsp3) is 0.619. The van der Waals surface area contributed by atoms with Gasteiger partial charge in [0.25, 0.3) is 5.91 Å². The second kappa shape index (κ2) is 10.9. The van der Waals surface area contributed by atoms with Crippen LogP contribution < -0.4 is 10.2 Å². The smallest absolute Gasteiger partial charge is 0.305 e. The fourth-order valence-corrected chi connectivity index (χ4v) is 3.75. The second-order valence-corrected chi connectivity index (χ2v) is 7.52. The zero-order valence-corrected chi connectivity index (χ0v) is 17.5. The van der Waals surface area contributed by atoms with Crippen molar-refractivity contribution in [3.8, 4) is 0 Å². The van der Waals surface area contributed by atoms with Crippen molar-refractivity contribution in [1.82, 2.24) is 15.2 Å². The van der Waals surface area contributed by atoms with Crippen molar-refractivity contribution in [1.29, 1.82) is 0 Å². The average Bonchev–Trinajstić information content (AvgIpc) is 3.31. The highest BCUT2D eigenvalue weighted by molar-refractivity contribution is 5.99. The summed E-state index contributed by atoms with van der Waals surface area (Å²) in [6.07, 6.45) is 4.83. The number of esters is 1. The number of ether oxygens (including phenoxy) is 2. The maximum atomic E-state index is 12.7. The molecule has 2 amide bonds. The number of amides is 2. The molecular weight excluding hydrogens is 388 g/mol. The lowest BCUT2D eigenvalue weighted by Gasteiger charge is -2.36. The highest BCUT2D eigenvalue weighted by atomic mass is 16.5. The van der Waals surface area contributed by atoms with Crippen LogP contribution in [0.25, 0.3) is 0 Å². The maximum absolute atomic E-state index is 12.7. The molecule has 3 heterocycles. The lowest BCUT2D eigenvalue weighted by molar-refractivity contribution is -0.140. The van der Waals surface area contributed by atoms with Crippen molar-refractivity contribution in [3.05, 3.63) is 23.9 Å². The van der Waals surface area contributed by atoms with Gasteiger partial charge in [-0.05, 0) is 31.4 Å². The maximum Gasteiger partial charge on any atom is 0.305 e. The largest absolute Gasteiger partial charge is 0.469 e. The molecule has 9 heteroatoms. The highest BCUT2D eigenvalue weighted by Crippen LogP contribution is 2.20. The van der Waals surface area contributed by atoms with E-state index < -0.39 is 0 Å². The third-order valence-electron chi connectivity index (χ3n) is 5.48. The van der Waals surface area contributed by atoms with Gasteiger partial charge in [-0.25, -0.2) is 4.98 Å². The quantitative estimate of drug-likeness (QED) is 0.628. The summed E-state index contributed by atoms with van der Waals surface area (Å²) in [5.41, 5.74) is 0.536. The topological polar surface area (TPSA) is 101 Å². The second-order valence-electron chi connectivity index (χ2n) is 7.52. The van der Waals surface area contributed by atoms with E-state index in [2.05, 4.69) is 15.0 Å². The van der Waals surface area contributed by atoms with Gasteiger partial charge in [0.1, 0.15) is 5.82 Å². The Morgan fingerprint density at radius 1 is 1.23 bits per heavy atom. The molecule has 0 aliphatic carbocycles. The minimum absolute atomic E-state index is 0.0362. The third-order valence-corrected chi connectivity index (χ3v) is 5.48. The molecule has 164 valence electrons.